The number of benzene rings is 1. The summed E-state index contributed by atoms with van der Waals surface area (Å²) in [5, 5.41) is 14.0. The van der Waals surface area contributed by atoms with Gasteiger partial charge >= 0.3 is 5.69 Å². The molecule has 1 N–H and O–H groups in total. The van der Waals surface area contributed by atoms with E-state index >= 15 is 0 Å². The van der Waals surface area contributed by atoms with Crippen molar-refractivity contribution in [2.75, 3.05) is 7.11 Å². The number of nitro benzene ring substituents is 1. The highest BCUT2D eigenvalue weighted by molar-refractivity contribution is 5.95. The third kappa shape index (κ3) is 3.51. The summed E-state index contributed by atoms with van der Waals surface area (Å²) in [5.41, 5.74) is 0.0992. The highest BCUT2D eigenvalue weighted by Crippen LogP contribution is 2.28. The highest BCUT2D eigenvalue weighted by Gasteiger charge is 2.24. The fraction of sp³-hybridized carbons (Fsp3) is 0.533. The maximum absolute atomic E-state index is 12.3. The zero-order chi connectivity index (χ0) is 15.4. The Morgan fingerprint density at radius 2 is 2.10 bits per heavy atom. The Labute approximate surface area is 123 Å². The van der Waals surface area contributed by atoms with Gasteiger partial charge in [-0.2, -0.15) is 0 Å². The van der Waals surface area contributed by atoms with Crippen LogP contribution in [0.5, 0.6) is 5.75 Å². The first-order chi connectivity index (χ1) is 10.0. The second kappa shape index (κ2) is 6.56. The monoisotopic (exact) mass is 292 g/mol. The number of nitrogens with zero attached hydrogens (tertiary/aromatic N) is 1. The van der Waals surface area contributed by atoms with E-state index < -0.39 is 4.92 Å². The third-order valence-corrected chi connectivity index (χ3v) is 4.07. The van der Waals surface area contributed by atoms with Crippen molar-refractivity contribution in [3.63, 3.8) is 0 Å². The number of carbonyl (C=O) groups excluding carboxylic acids is 1. The molecule has 2 atom stereocenters. The summed E-state index contributed by atoms with van der Waals surface area (Å²) >= 11 is 0. The van der Waals surface area contributed by atoms with Gasteiger partial charge in [-0.15, -0.1) is 0 Å². The zero-order valence-corrected chi connectivity index (χ0v) is 12.3. The van der Waals surface area contributed by atoms with E-state index in [1.165, 1.54) is 25.7 Å². The molecule has 1 amide bonds. The van der Waals surface area contributed by atoms with Gasteiger partial charge in [-0.3, -0.25) is 14.9 Å². The van der Waals surface area contributed by atoms with Crippen LogP contribution in [0, 0.1) is 16.0 Å². The summed E-state index contributed by atoms with van der Waals surface area (Å²) in [4.78, 5) is 22.7. The van der Waals surface area contributed by atoms with Crippen LogP contribution in [-0.2, 0) is 0 Å². The van der Waals surface area contributed by atoms with Crippen molar-refractivity contribution in [3.8, 4) is 5.75 Å². The molecule has 0 radical (unpaired) electrons. The lowest BCUT2D eigenvalue weighted by molar-refractivity contribution is -0.385. The Morgan fingerprint density at radius 1 is 1.38 bits per heavy atom. The van der Waals surface area contributed by atoms with Crippen molar-refractivity contribution in [1.82, 2.24) is 5.32 Å². The SMILES string of the molecule is COc1ccc(C(=O)NC2CCCCC2C)cc1[N+](=O)[O-]. The van der Waals surface area contributed by atoms with Gasteiger partial charge in [-0.1, -0.05) is 19.8 Å². The number of amides is 1. The van der Waals surface area contributed by atoms with Crippen molar-refractivity contribution < 1.29 is 14.5 Å². The van der Waals surface area contributed by atoms with E-state index in [1.54, 1.807) is 6.07 Å². The molecular weight excluding hydrogens is 272 g/mol. The molecule has 0 aromatic heterocycles. The van der Waals surface area contributed by atoms with Crippen molar-refractivity contribution in [1.29, 1.82) is 0 Å². The lowest BCUT2D eigenvalue weighted by Gasteiger charge is -2.29. The molecule has 1 aromatic carbocycles. The summed E-state index contributed by atoms with van der Waals surface area (Å²) in [7, 11) is 1.37. The van der Waals surface area contributed by atoms with Crippen LogP contribution >= 0.6 is 0 Å². The number of hydrogen-bond donors (Lipinski definition) is 1. The molecular formula is C15H20N2O4. The topological polar surface area (TPSA) is 81.5 Å². The quantitative estimate of drug-likeness (QED) is 0.683. The van der Waals surface area contributed by atoms with Gasteiger partial charge in [-0.25, -0.2) is 0 Å². The van der Waals surface area contributed by atoms with E-state index in [9.17, 15) is 14.9 Å². The molecule has 1 saturated carbocycles. The minimum absolute atomic E-state index is 0.146. The lowest BCUT2D eigenvalue weighted by atomic mass is 9.86. The van der Waals surface area contributed by atoms with Crippen LogP contribution in [0.3, 0.4) is 0 Å². The molecule has 2 rings (SSSR count). The predicted molar refractivity (Wildman–Crippen MR) is 78.5 cm³/mol. The van der Waals surface area contributed by atoms with Crippen LogP contribution in [0.25, 0.3) is 0 Å². The summed E-state index contributed by atoms with van der Waals surface area (Å²) in [6.07, 6.45) is 4.37. The molecule has 1 aliphatic rings. The molecule has 1 aromatic rings. The first kappa shape index (κ1) is 15.3. The normalized spacial score (nSPS) is 21.6. The number of methoxy groups -OCH3 is 1. The molecule has 0 heterocycles. The third-order valence-electron chi connectivity index (χ3n) is 4.07. The van der Waals surface area contributed by atoms with Crippen LogP contribution < -0.4 is 10.1 Å². The van der Waals surface area contributed by atoms with Crippen molar-refractivity contribution in [2.24, 2.45) is 5.92 Å². The number of nitro groups is 1. The molecule has 0 aliphatic heterocycles. The average Bonchev–Trinajstić information content (AvgIpc) is 2.48. The fourth-order valence-corrected chi connectivity index (χ4v) is 2.76. The smallest absolute Gasteiger partial charge is 0.311 e. The van der Waals surface area contributed by atoms with Gasteiger partial charge in [0.25, 0.3) is 5.91 Å². The molecule has 0 bridgehead atoms. The first-order valence-corrected chi connectivity index (χ1v) is 7.16. The molecule has 2 unspecified atom stereocenters. The van der Waals surface area contributed by atoms with Gasteiger partial charge in [0, 0.05) is 17.7 Å². The van der Waals surface area contributed by atoms with E-state index in [4.69, 9.17) is 4.74 Å². The minimum atomic E-state index is -0.543. The molecule has 21 heavy (non-hydrogen) atoms. The highest BCUT2D eigenvalue weighted by atomic mass is 16.6. The molecule has 1 aliphatic carbocycles. The van der Waals surface area contributed by atoms with Crippen LogP contribution in [0.15, 0.2) is 18.2 Å². The second-order valence-electron chi connectivity index (χ2n) is 5.49. The number of hydrogen-bond acceptors (Lipinski definition) is 4. The lowest BCUT2D eigenvalue weighted by Crippen LogP contribution is -2.41. The number of ether oxygens (including phenoxy) is 1. The fourth-order valence-electron chi connectivity index (χ4n) is 2.76. The minimum Gasteiger partial charge on any atom is -0.490 e. The van der Waals surface area contributed by atoms with Crippen LogP contribution in [0.2, 0.25) is 0 Å². The maximum Gasteiger partial charge on any atom is 0.311 e. The Balaban J connectivity index is 2.15. The Bertz CT molecular complexity index is 544. The van der Waals surface area contributed by atoms with Gasteiger partial charge in [-0.05, 0) is 30.9 Å². The van der Waals surface area contributed by atoms with Gasteiger partial charge in [0.2, 0.25) is 0 Å². The number of rotatable bonds is 4. The van der Waals surface area contributed by atoms with Crippen molar-refractivity contribution in [3.05, 3.63) is 33.9 Å². The Hall–Kier alpha value is -2.11. The molecule has 6 nitrogen and oxygen atoms in total. The molecule has 6 heteroatoms. The Kier molecular flexibility index (Phi) is 4.77. The zero-order valence-electron chi connectivity index (χ0n) is 12.3. The van der Waals surface area contributed by atoms with E-state index in [0.29, 0.717) is 11.5 Å². The number of carbonyl (C=O) groups is 1. The molecule has 0 saturated heterocycles. The van der Waals surface area contributed by atoms with Crippen LogP contribution in [0.1, 0.15) is 43.0 Å². The number of nitrogens with one attached hydrogen (secondary N) is 1. The van der Waals surface area contributed by atoms with E-state index in [1.807, 2.05) is 0 Å². The Morgan fingerprint density at radius 3 is 2.71 bits per heavy atom. The summed E-state index contributed by atoms with van der Waals surface area (Å²) in [6.45, 7) is 2.13. The van der Waals surface area contributed by atoms with E-state index in [2.05, 4.69) is 12.2 Å². The van der Waals surface area contributed by atoms with Crippen LogP contribution in [0.4, 0.5) is 5.69 Å². The van der Waals surface area contributed by atoms with Gasteiger partial charge < -0.3 is 10.1 Å². The average molecular weight is 292 g/mol. The maximum atomic E-state index is 12.3. The first-order valence-electron chi connectivity index (χ1n) is 7.16. The summed E-state index contributed by atoms with van der Waals surface area (Å²) in [6, 6.07) is 4.42. The predicted octanol–water partition coefficient (Wildman–Crippen LogP) is 2.91. The summed E-state index contributed by atoms with van der Waals surface area (Å²) < 4.78 is 4.94. The van der Waals surface area contributed by atoms with Crippen molar-refractivity contribution >= 4 is 11.6 Å². The van der Waals surface area contributed by atoms with E-state index in [-0.39, 0.29) is 23.4 Å². The van der Waals surface area contributed by atoms with Gasteiger partial charge in [0.1, 0.15) is 0 Å². The van der Waals surface area contributed by atoms with Gasteiger partial charge in [0.05, 0.1) is 12.0 Å². The summed E-state index contributed by atoms with van der Waals surface area (Å²) in [5.74, 6) is 0.332. The molecule has 114 valence electrons. The molecule has 1 fully saturated rings. The van der Waals surface area contributed by atoms with Crippen molar-refractivity contribution in [2.45, 2.75) is 38.6 Å². The second-order valence-corrected chi connectivity index (χ2v) is 5.49. The molecule has 0 spiro atoms. The van der Waals surface area contributed by atoms with E-state index in [0.717, 1.165) is 19.3 Å². The van der Waals surface area contributed by atoms with Gasteiger partial charge in [0.15, 0.2) is 5.75 Å². The van der Waals surface area contributed by atoms with Crippen LogP contribution in [-0.4, -0.2) is 24.0 Å². The largest absolute Gasteiger partial charge is 0.490 e. The standard InChI is InChI=1S/C15H20N2O4/c1-10-5-3-4-6-12(10)16-15(18)11-7-8-14(21-2)13(9-11)17(19)20/h7-10,12H,3-6H2,1-2H3,(H,16,18).